The van der Waals surface area contributed by atoms with Gasteiger partial charge in [-0.05, 0) is 24.3 Å². The SMILES string of the molecule is O=C(NCc1ccc(Cl)s1)c1csc(-c2ccccc2F)n1. The third-order valence-corrected chi connectivity index (χ3v) is 5.00. The minimum Gasteiger partial charge on any atom is -0.346 e. The first kappa shape index (κ1) is 15.1. The summed E-state index contributed by atoms with van der Waals surface area (Å²) in [5.41, 5.74) is 0.683. The van der Waals surface area contributed by atoms with E-state index in [0.717, 1.165) is 4.88 Å². The summed E-state index contributed by atoms with van der Waals surface area (Å²) < 4.78 is 14.4. The maximum atomic E-state index is 13.7. The molecule has 0 bridgehead atoms. The summed E-state index contributed by atoms with van der Waals surface area (Å²) in [4.78, 5) is 17.2. The van der Waals surface area contributed by atoms with Gasteiger partial charge in [0.1, 0.15) is 16.5 Å². The van der Waals surface area contributed by atoms with Gasteiger partial charge in [-0.15, -0.1) is 22.7 Å². The van der Waals surface area contributed by atoms with Crippen LogP contribution in [0.1, 0.15) is 15.4 Å². The number of nitrogens with zero attached hydrogens (tertiary/aromatic N) is 1. The fourth-order valence-electron chi connectivity index (χ4n) is 1.84. The predicted molar refractivity (Wildman–Crippen MR) is 88.0 cm³/mol. The van der Waals surface area contributed by atoms with E-state index in [2.05, 4.69) is 10.3 Å². The number of nitrogens with one attached hydrogen (secondary N) is 1. The maximum Gasteiger partial charge on any atom is 0.271 e. The molecule has 3 rings (SSSR count). The fraction of sp³-hybridized carbons (Fsp3) is 0.0667. The predicted octanol–water partition coefficient (Wildman–Crippen LogP) is 4.59. The second-order valence-corrected chi connectivity index (χ2v) is 7.06. The Morgan fingerprint density at radius 3 is 2.82 bits per heavy atom. The largest absolute Gasteiger partial charge is 0.346 e. The third kappa shape index (κ3) is 3.35. The molecule has 0 saturated heterocycles. The molecule has 0 aliphatic heterocycles. The van der Waals surface area contributed by atoms with Gasteiger partial charge in [0.2, 0.25) is 0 Å². The molecule has 1 aromatic carbocycles. The summed E-state index contributed by atoms with van der Waals surface area (Å²) in [5, 5.41) is 4.88. The van der Waals surface area contributed by atoms with E-state index in [1.54, 1.807) is 29.6 Å². The molecule has 0 aliphatic rings. The topological polar surface area (TPSA) is 42.0 Å². The lowest BCUT2D eigenvalue weighted by molar-refractivity contribution is 0.0947. The first-order chi connectivity index (χ1) is 10.6. The molecule has 7 heteroatoms. The number of hydrogen-bond donors (Lipinski definition) is 1. The summed E-state index contributed by atoms with van der Waals surface area (Å²) in [6.45, 7) is 0.392. The summed E-state index contributed by atoms with van der Waals surface area (Å²) in [5.74, 6) is -0.639. The molecular weight excluding hydrogens is 343 g/mol. The molecule has 2 aromatic heterocycles. The fourth-order valence-corrected chi connectivity index (χ4v) is 3.69. The van der Waals surface area contributed by atoms with Gasteiger partial charge in [-0.2, -0.15) is 0 Å². The number of thiophene rings is 1. The van der Waals surface area contributed by atoms with Crippen molar-refractivity contribution in [3.63, 3.8) is 0 Å². The Balaban J connectivity index is 1.70. The van der Waals surface area contributed by atoms with Crippen LogP contribution in [0.2, 0.25) is 4.34 Å². The van der Waals surface area contributed by atoms with Crippen molar-refractivity contribution in [1.82, 2.24) is 10.3 Å². The molecule has 0 radical (unpaired) electrons. The van der Waals surface area contributed by atoms with Crippen LogP contribution < -0.4 is 5.32 Å². The van der Waals surface area contributed by atoms with Crippen LogP contribution in [0.3, 0.4) is 0 Å². The highest BCUT2D eigenvalue weighted by molar-refractivity contribution is 7.16. The number of aromatic nitrogens is 1. The molecule has 0 unspecified atom stereocenters. The van der Waals surface area contributed by atoms with Gasteiger partial charge in [-0.25, -0.2) is 9.37 Å². The molecular formula is C15H10ClFN2OS2. The third-order valence-electron chi connectivity index (χ3n) is 2.89. The van der Waals surface area contributed by atoms with Crippen LogP contribution in [-0.4, -0.2) is 10.9 Å². The van der Waals surface area contributed by atoms with Crippen molar-refractivity contribution < 1.29 is 9.18 Å². The molecule has 0 atom stereocenters. The highest BCUT2D eigenvalue weighted by atomic mass is 35.5. The Bertz CT molecular complexity index is 815. The van der Waals surface area contributed by atoms with E-state index in [1.807, 2.05) is 6.07 Å². The lowest BCUT2D eigenvalue weighted by Gasteiger charge is -2.00. The maximum absolute atomic E-state index is 13.7. The molecule has 0 fully saturated rings. The van der Waals surface area contributed by atoms with E-state index >= 15 is 0 Å². The number of carbonyl (C=O) groups is 1. The van der Waals surface area contributed by atoms with Crippen LogP contribution in [-0.2, 0) is 6.54 Å². The van der Waals surface area contributed by atoms with Gasteiger partial charge >= 0.3 is 0 Å². The minimum atomic E-state index is -0.350. The van der Waals surface area contributed by atoms with Crippen molar-refractivity contribution in [1.29, 1.82) is 0 Å². The molecule has 112 valence electrons. The number of rotatable bonds is 4. The lowest BCUT2D eigenvalue weighted by Crippen LogP contribution is -2.22. The van der Waals surface area contributed by atoms with Gasteiger partial charge < -0.3 is 5.32 Å². The Morgan fingerprint density at radius 2 is 2.09 bits per heavy atom. The van der Waals surface area contributed by atoms with Crippen molar-refractivity contribution in [2.24, 2.45) is 0 Å². The number of benzene rings is 1. The molecule has 1 amide bonds. The second kappa shape index (κ2) is 6.56. The van der Waals surface area contributed by atoms with Gasteiger partial charge in [-0.3, -0.25) is 4.79 Å². The van der Waals surface area contributed by atoms with Crippen molar-refractivity contribution in [2.45, 2.75) is 6.54 Å². The normalized spacial score (nSPS) is 10.6. The van der Waals surface area contributed by atoms with E-state index in [9.17, 15) is 9.18 Å². The van der Waals surface area contributed by atoms with Crippen LogP contribution in [0.15, 0.2) is 41.8 Å². The monoisotopic (exact) mass is 352 g/mol. The number of carbonyl (C=O) groups excluding carboxylic acids is 1. The summed E-state index contributed by atoms with van der Waals surface area (Å²) in [6, 6.07) is 10.0. The Hall–Kier alpha value is -1.76. The van der Waals surface area contributed by atoms with Crippen molar-refractivity contribution >= 4 is 40.2 Å². The average molecular weight is 353 g/mol. The minimum absolute atomic E-state index is 0.283. The van der Waals surface area contributed by atoms with Gasteiger partial charge in [0.15, 0.2) is 0 Å². The Labute approximate surface area is 139 Å². The zero-order valence-corrected chi connectivity index (χ0v) is 13.6. The number of amides is 1. The lowest BCUT2D eigenvalue weighted by atomic mass is 10.2. The van der Waals surface area contributed by atoms with Crippen molar-refractivity contribution in [3.05, 3.63) is 62.5 Å². The van der Waals surface area contributed by atoms with Gasteiger partial charge in [-0.1, -0.05) is 23.7 Å². The number of hydrogen-bond acceptors (Lipinski definition) is 4. The van der Waals surface area contributed by atoms with E-state index < -0.39 is 0 Å². The van der Waals surface area contributed by atoms with Crippen LogP contribution in [0.25, 0.3) is 10.6 Å². The van der Waals surface area contributed by atoms with E-state index in [-0.39, 0.29) is 17.4 Å². The molecule has 22 heavy (non-hydrogen) atoms. The smallest absolute Gasteiger partial charge is 0.271 e. The van der Waals surface area contributed by atoms with Crippen LogP contribution in [0.4, 0.5) is 4.39 Å². The molecule has 0 spiro atoms. The first-order valence-electron chi connectivity index (χ1n) is 6.36. The molecule has 1 N–H and O–H groups in total. The van der Waals surface area contributed by atoms with Gasteiger partial charge in [0.25, 0.3) is 5.91 Å². The van der Waals surface area contributed by atoms with E-state index in [1.165, 1.54) is 28.7 Å². The van der Waals surface area contributed by atoms with Crippen LogP contribution in [0.5, 0.6) is 0 Å². The number of thiazole rings is 1. The number of halogens is 2. The zero-order valence-electron chi connectivity index (χ0n) is 11.2. The highest BCUT2D eigenvalue weighted by Crippen LogP contribution is 2.26. The average Bonchev–Trinajstić information content (AvgIpc) is 3.14. The summed E-state index contributed by atoms with van der Waals surface area (Å²) >= 11 is 8.49. The van der Waals surface area contributed by atoms with E-state index in [0.29, 0.717) is 21.5 Å². The van der Waals surface area contributed by atoms with Gasteiger partial charge in [0.05, 0.1) is 10.9 Å². The standard InChI is InChI=1S/C15H10ClFN2OS2/c16-13-6-5-9(22-13)7-18-14(20)12-8-21-15(19-12)10-3-1-2-4-11(10)17/h1-6,8H,7H2,(H,18,20). The van der Waals surface area contributed by atoms with Crippen LogP contribution in [0, 0.1) is 5.82 Å². The Kier molecular flexibility index (Phi) is 4.52. The van der Waals surface area contributed by atoms with E-state index in [4.69, 9.17) is 11.6 Å². The van der Waals surface area contributed by atoms with Crippen LogP contribution >= 0.6 is 34.3 Å². The highest BCUT2D eigenvalue weighted by Gasteiger charge is 2.14. The Morgan fingerprint density at radius 1 is 1.27 bits per heavy atom. The second-order valence-electron chi connectivity index (χ2n) is 4.41. The zero-order chi connectivity index (χ0) is 15.5. The summed E-state index contributed by atoms with van der Waals surface area (Å²) in [6.07, 6.45) is 0. The first-order valence-corrected chi connectivity index (χ1v) is 8.44. The molecule has 2 heterocycles. The molecule has 3 nitrogen and oxygen atoms in total. The molecule has 3 aromatic rings. The van der Waals surface area contributed by atoms with Gasteiger partial charge in [0, 0.05) is 15.8 Å². The summed E-state index contributed by atoms with van der Waals surface area (Å²) in [7, 11) is 0. The molecule has 0 saturated carbocycles. The van der Waals surface area contributed by atoms with Crippen molar-refractivity contribution in [2.75, 3.05) is 0 Å². The molecule has 0 aliphatic carbocycles. The quantitative estimate of drug-likeness (QED) is 0.746. The van der Waals surface area contributed by atoms with Crippen molar-refractivity contribution in [3.8, 4) is 10.6 Å².